The molecule has 0 spiro atoms. The highest BCUT2D eigenvalue weighted by Gasteiger charge is 2.29. The van der Waals surface area contributed by atoms with E-state index in [2.05, 4.69) is 17.2 Å². The number of hydrogen-bond acceptors (Lipinski definition) is 2. The number of para-hydroxylation sites is 1. The fourth-order valence-electron chi connectivity index (χ4n) is 2.29. The van der Waals surface area contributed by atoms with Crippen LogP contribution in [-0.2, 0) is 0 Å². The van der Waals surface area contributed by atoms with Crippen molar-refractivity contribution in [2.45, 2.75) is 25.8 Å². The smallest absolute Gasteiger partial charge is 0.252 e. The normalized spacial score (nSPS) is 16.5. The number of rotatable bonds is 3. The minimum atomic E-state index is 0.00741. The lowest BCUT2D eigenvalue weighted by Crippen LogP contribution is -2.34. The van der Waals surface area contributed by atoms with Crippen molar-refractivity contribution >= 4 is 16.8 Å². The van der Waals surface area contributed by atoms with Gasteiger partial charge in [-0.1, -0.05) is 18.2 Å². The van der Waals surface area contributed by atoms with Crippen LogP contribution in [0.1, 0.15) is 30.1 Å². The Morgan fingerprint density at radius 3 is 2.89 bits per heavy atom. The summed E-state index contributed by atoms with van der Waals surface area (Å²) >= 11 is 0. The molecule has 2 aromatic rings. The lowest BCUT2D eigenvalue weighted by molar-refractivity contribution is 0.0937. The Bertz CT molecular complexity index is 585. The number of fused-ring (bicyclic) bond motifs is 1. The van der Waals surface area contributed by atoms with E-state index < -0.39 is 0 Å². The Morgan fingerprint density at radius 1 is 1.33 bits per heavy atom. The second-order valence-electron chi connectivity index (χ2n) is 4.98. The Hall–Kier alpha value is -1.90. The molecule has 92 valence electrons. The molecule has 0 bridgehead atoms. The van der Waals surface area contributed by atoms with Crippen molar-refractivity contribution in [1.82, 2.24) is 10.3 Å². The molecule has 1 fully saturated rings. The van der Waals surface area contributed by atoms with E-state index in [0.717, 1.165) is 10.9 Å². The van der Waals surface area contributed by atoms with Crippen LogP contribution in [-0.4, -0.2) is 16.9 Å². The van der Waals surface area contributed by atoms with E-state index >= 15 is 0 Å². The highest BCUT2D eigenvalue weighted by molar-refractivity contribution is 6.06. The van der Waals surface area contributed by atoms with Gasteiger partial charge in [-0.2, -0.15) is 0 Å². The highest BCUT2D eigenvalue weighted by atomic mass is 16.1. The maximum atomic E-state index is 12.3. The van der Waals surface area contributed by atoms with Gasteiger partial charge in [-0.25, -0.2) is 0 Å². The molecule has 1 atom stereocenters. The zero-order valence-corrected chi connectivity index (χ0v) is 10.4. The fraction of sp³-hybridized carbons (Fsp3) is 0.333. The topological polar surface area (TPSA) is 42.0 Å². The van der Waals surface area contributed by atoms with Gasteiger partial charge in [-0.15, -0.1) is 0 Å². The number of hydrogen-bond donors (Lipinski definition) is 1. The van der Waals surface area contributed by atoms with Gasteiger partial charge in [-0.3, -0.25) is 9.78 Å². The summed E-state index contributed by atoms with van der Waals surface area (Å²) in [6.07, 6.45) is 4.16. The summed E-state index contributed by atoms with van der Waals surface area (Å²) in [5, 5.41) is 4.00. The maximum absolute atomic E-state index is 12.3. The minimum absolute atomic E-state index is 0.00741. The molecule has 0 aliphatic heterocycles. The first-order chi connectivity index (χ1) is 8.75. The third-order valence-corrected chi connectivity index (χ3v) is 3.58. The van der Waals surface area contributed by atoms with Crippen molar-refractivity contribution in [3.8, 4) is 0 Å². The Morgan fingerprint density at radius 2 is 2.11 bits per heavy atom. The number of carbonyl (C=O) groups is 1. The molecule has 18 heavy (non-hydrogen) atoms. The second-order valence-corrected chi connectivity index (χ2v) is 4.98. The van der Waals surface area contributed by atoms with Crippen LogP contribution in [0.2, 0.25) is 0 Å². The molecule has 1 amide bonds. The SMILES string of the molecule is CC(NC(=O)c1ccnc2ccccc12)C1CC1. The summed E-state index contributed by atoms with van der Waals surface area (Å²) in [5.74, 6) is 0.676. The van der Waals surface area contributed by atoms with Crippen LogP contribution in [0.5, 0.6) is 0 Å². The van der Waals surface area contributed by atoms with E-state index in [1.165, 1.54) is 12.8 Å². The second kappa shape index (κ2) is 4.41. The Balaban J connectivity index is 1.90. The van der Waals surface area contributed by atoms with Gasteiger partial charge in [0.25, 0.3) is 5.91 Å². The third-order valence-electron chi connectivity index (χ3n) is 3.58. The predicted molar refractivity (Wildman–Crippen MR) is 71.4 cm³/mol. The number of benzene rings is 1. The van der Waals surface area contributed by atoms with Gasteiger partial charge in [0.1, 0.15) is 0 Å². The fourth-order valence-corrected chi connectivity index (χ4v) is 2.29. The number of aromatic nitrogens is 1. The molecule has 1 saturated carbocycles. The van der Waals surface area contributed by atoms with Gasteiger partial charge in [0.15, 0.2) is 0 Å². The zero-order valence-electron chi connectivity index (χ0n) is 10.4. The molecule has 0 saturated heterocycles. The predicted octanol–water partition coefficient (Wildman–Crippen LogP) is 2.76. The number of nitrogens with one attached hydrogen (secondary N) is 1. The average Bonchev–Trinajstić information content (AvgIpc) is 3.22. The number of carbonyl (C=O) groups excluding carboxylic acids is 1. The summed E-state index contributed by atoms with van der Waals surface area (Å²) in [5.41, 5.74) is 1.58. The van der Waals surface area contributed by atoms with Crippen LogP contribution < -0.4 is 5.32 Å². The Labute approximate surface area is 106 Å². The molecule has 1 N–H and O–H groups in total. The van der Waals surface area contributed by atoms with Crippen molar-refractivity contribution in [2.24, 2.45) is 5.92 Å². The molecule has 1 unspecified atom stereocenters. The van der Waals surface area contributed by atoms with Gasteiger partial charge < -0.3 is 5.32 Å². The largest absolute Gasteiger partial charge is 0.349 e. The van der Waals surface area contributed by atoms with Crippen LogP contribution in [0.4, 0.5) is 0 Å². The standard InChI is InChI=1S/C15H16N2O/c1-10(11-6-7-11)17-15(18)13-8-9-16-14-5-3-2-4-12(13)14/h2-5,8-11H,6-7H2,1H3,(H,17,18). The van der Waals surface area contributed by atoms with Crippen LogP contribution in [0.3, 0.4) is 0 Å². The molecule has 1 aliphatic rings. The van der Waals surface area contributed by atoms with Crippen molar-refractivity contribution in [2.75, 3.05) is 0 Å². The summed E-state index contributed by atoms with van der Waals surface area (Å²) in [4.78, 5) is 16.5. The van der Waals surface area contributed by atoms with Crippen LogP contribution in [0, 0.1) is 5.92 Å². The van der Waals surface area contributed by atoms with E-state index in [1.807, 2.05) is 24.3 Å². The van der Waals surface area contributed by atoms with E-state index in [-0.39, 0.29) is 11.9 Å². The first-order valence-electron chi connectivity index (χ1n) is 6.40. The van der Waals surface area contributed by atoms with E-state index in [9.17, 15) is 4.79 Å². The summed E-state index contributed by atoms with van der Waals surface area (Å²) in [6.45, 7) is 2.08. The molecule has 3 nitrogen and oxygen atoms in total. The number of nitrogens with zero attached hydrogens (tertiary/aromatic N) is 1. The van der Waals surface area contributed by atoms with Crippen LogP contribution in [0.15, 0.2) is 36.5 Å². The molecule has 1 heterocycles. The van der Waals surface area contributed by atoms with E-state index in [1.54, 1.807) is 12.3 Å². The van der Waals surface area contributed by atoms with Gasteiger partial charge in [0.05, 0.1) is 11.1 Å². The highest BCUT2D eigenvalue weighted by Crippen LogP contribution is 2.32. The van der Waals surface area contributed by atoms with Gasteiger partial charge in [0.2, 0.25) is 0 Å². The van der Waals surface area contributed by atoms with Gasteiger partial charge >= 0.3 is 0 Å². The lowest BCUT2D eigenvalue weighted by Gasteiger charge is -2.13. The van der Waals surface area contributed by atoms with Crippen molar-refractivity contribution in [3.63, 3.8) is 0 Å². The molecule has 1 aromatic heterocycles. The number of pyridine rings is 1. The molecule has 0 radical (unpaired) electrons. The van der Waals surface area contributed by atoms with Crippen molar-refractivity contribution in [3.05, 3.63) is 42.1 Å². The van der Waals surface area contributed by atoms with Crippen LogP contribution >= 0.6 is 0 Å². The molecular formula is C15H16N2O. The maximum Gasteiger partial charge on any atom is 0.252 e. The van der Waals surface area contributed by atoms with E-state index in [4.69, 9.17) is 0 Å². The zero-order chi connectivity index (χ0) is 12.5. The first-order valence-corrected chi connectivity index (χ1v) is 6.40. The molecule has 1 aliphatic carbocycles. The Kier molecular flexibility index (Phi) is 2.74. The minimum Gasteiger partial charge on any atom is -0.349 e. The number of amides is 1. The van der Waals surface area contributed by atoms with Gasteiger partial charge in [0, 0.05) is 17.6 Å². The molecule has 3 rings (SSSR count). The first kappa shape index (κ1) is 11.2. The lowest BCUT2D eigenvalue weighted by atomic mass is 10.1. The quantitative estimate of drug-likeness (QED) is 0.896. The molecular weight excluding hydrogens is 224 g/mol. The molecule has 1 aromatic carbocycles. The van der Waals surface area contributed by atoms with Crippen molar-refractivity contribution < 1.29 is 4.79 Å². The average molecular weight is 240 g/mol. The monoisotopic (exact) mass is 240 g/mol. The summed E-state index contributed by atoms with van der Waals surface area (Å²) < 4.78 is 0. The summed E-state index contributed by atoms with van der Waals surface area (Å²) in [6, 6.07) is 9.80. The van der Waals surface area contributed by atoms with E-state index in [0.29, 0.717) is 11.5 Å². The van der Waals surface area contributed by atoms with Crippen LogP contribution in [0.25, 0.3) is 10.9 Å². The molecule has 3 heteroatoms. The van der Waals surface area contributed by atoms with Gasteiger partial charge in [-0.05, 0) is 37.8 Å². The summed E-state index contributed by atoms with van der Waals surface area (Å²) in [7, 11) is 0. The van der Waals surface area contributed by atoms with Crippen molar-refractivity contribution in [1.29, 1.82) is 0 Å². The third kappa shape index (κ3) is 2.08.